The molecule has 1 aromatic carbocycles. The van der Waals surface area contributed by atoms with E-state index >= 15 is 0 Å². The quantitative estimate of drug-likeness (QED) is 0.670. The number of amides is 1. The van der Waals surface area contributed by atoms with Crippen molar-refractivity contribution >= 4 is 23.2 Å². The van der Waals surface area contributed by atoms with E-state index in [9.17, 15) is 14.9 Å². The van der Waals surface area contributed by atoms with Crippen LogP contribution >= 0.6 is 11.6 Å². The predicted molar refractivity (Wildman–Crippen MR) is 78.5 cm³/mol. The Kier molecular flexibility index (Phi) is 3.82. The lowest BCUT2D eigenvalue weighted by Gasteiger charge is -2.24. The van der Waals surface area contributed by atoms with Gasteiger partial charge in [-0.15, -0.1) is 0 Å². The molecule has 0 aliphatic carbocycles. The molecular weight excluding hydrogens is 294 g/mol. The molecule has 0 spiro atoms. The van der Waals surface area contributed by atoms with Gasteiger partial charge in [-0.1, -0.05) is 17.7 Å². The minimum Gasteiger partial charge on any atom is -0.336 e. The molecule has 2 aliphatic heterocycles. The summed E-state index contributed by atoms with van der Waals surface area (Å²) in [6.45, 7) is 2.19. The molecule has 1 aromatic rings. The van der Waals surface area contributed by atoms with Crippen molar-refractivity contribution in [2.24, 2.45) is 5.92 Å². The largest absolute Gasteiger partial charge is 0.336 e. The highest BCUT2D eigenvalue weighted by Crippen LogP contribution is 2.31. The van der Waals surface area contributed by atoms with Crippen LogP contribution in [-0.4, -0.2) is 41.4 Å². The van der Waals surface area contributed by atoms with Crippen LogP contribution in [0.15, 0.2) is 18.2 Å². The maximum absolute atomic E-state index is 12.6. The molecule has 6 nitrogen and oxygen atoms in total. The number of fused-ring (bicyclic) bond motifs is 1. The minimum absolute atomic E-state index is 0.00261. The summed E-state index contributed by atoms with van der Waals surface area (Å²) in [6, 6.07) is 4.62. The van der Waals surface area contributed by atoms with E-state index in [4.69, 9.17) is 11.6 Å². The van der Waals surface area contributed by atoms with Gasteiger partial charge in [0.15, 0.2) is 0 Å². The SMILES string of the molecule is O=C(c1c(Cl)cccc1[N+](=O)[O-])N1CC2CCCNC2C1. The van der Waals surface area contributed by atoms with E-state index in [1.807, 2.05) is 0 Å². The van der Waals surface area contributed by atoms with Crippen molar-refractivity contribution in [2.45, 2.75) is 18.9 Å². The molecule has 2 saturated heterocycles. The average Bonchev–Trinajstić information content (AvgIpc) is 2.90. The summed E-state index contributed by atoms with van der Waals surface area (Å²) in [5.74, 6) is 0.0905. The smallest absolute Gasteiger partial charge is 0.283 e. The molecule has 0 saturated carbocycles. The van der Waals surface area contributed by atoms with Crippen molar-refractivity contribution in [1.82, 2.24) is 10.2 Å². The van der Waals surface area contributed by atoms with Crippen molar-refractivity contribution in [3.05, 3.63) is 38.9 Å². The Bertz CT molecular complexity index is 579. The lowest BCUT2D eigenvalue weighted by molar-refractivity contribution is -0.385. The number of rotatable bonds is 2. The van der Waals surface area contributed by atoms with E-state index in [0.29, 0.717) is 25.0 Å². The Morgan fingerprint density at radius 2 is 2.24 bits per heavy atom. The van der Waals surface area contributed by atoms with E-state index in [-0.39, 0.29) is 22.2 Å². The van der Waals surface area contributed by atoms with Crippen molar-refractivity contribution in [2.75, 3.05) is 19.6 Å². The first-order valence-corrected chi connectivity index (χ1v) is 7.41. The molecule has 7 heteroatoms. The molecule has 2 fully saturated rings. The predicted octanol–water partition coefficient (Wildman–Crippen LogP) is 2.07. The summed E-state index contributed by atoms with van der Waals surface area (Å²) in [6.07, 6.45) is 2.20. The molecule has 2 heterocycles. The number of nitro benzene ring substituents is 1. The van der Waals surface area contributed by atoms with Crippen LogP contribution in [-0.2, 0) is 0 Å². The topological polar surface area (TPSA) is 75.5 Å². The number of hydrogen-bond acceptors (Lipinski definition) is 4. The molecule has 2 atom stereocenters. The minimum atomic E-state index is -0.555. The van der Waals surface area contributed by atoms with Gasteiger partial charge in [-0.2, -0.15) is 0 Å². The van der Waals surface area contributed by atoms with Gasteiger partial charge in [0.05, 0.1) is 9.95 Å². The van der Waals surface area contributed by atoms with Crippen molar-refractivity contribution in [3.63, 3.8) is 0 Å². The van der Waals surface area contributed by atoms with Crippen LogP contribution in [0.1, 0.15) is 23.2 Å². The highest BCUT2D eigenvalue weighted by molar-refractivity contribution is 6.34. The molecule has 0 bridgehead atoms. The third-order valence-electron chi connectivity index (χ3n) is 4.29. The van der Waals surface area contributed by atoms with Crippen LogP contribution in [0.5, 0.6) is 0 Å². The second-order valence-electron chi connectivity index (χ2n) is 5.56. The van der Waals surface area contributed by atoms with Crippen LogP contribution in [0.3, 0.4) is 0 Å². The Balaban J connectivity index is 1.88. The Labute approximate surface area is 127 Å². The summed E-state index contributed by atoms with van der Waals surface area (Å²) in [7, 11) is 0. The normalized spacial score (nSPS) is 24.7. The first kappa shape index (κ1) is 14.3. The zero-order valence-corrected chi connectivity index (χ0v) is 12.2. The summed E-state index contributed by atoms with van der Waals surface area (Å²) < 4.78 is 0. The van der Waals surface area contributed by atoms with E-state index in [1.54, 1.807) is 4.90 Å². The van der Waals surface area contributed by atoms with Gasteiger partial charge in [-0.3, -0.25) is 14.9 Å². The van der Waals surface area contributed by atoms with Gasteiger partial charge in [-0.05, 0) is 31.4 Å². The number of carbonyl (C=O) groups is 1. The fraction of sp³-hybridized carbons (Fsp3) is 0.500. The van der Waals surface area contributed by atoms with Crippen LogP contribution < -0.4 is 5.32 Å². The van der Waals surface area contributed by atoms with Crippen molar-refractivity contribution < 1.29 is 9.72 Å². The van der Waals surface area contributed by atoms with Crippen LogP contribution in [0.2, 0.25) is 5.02 Å². The molecule has 112 valence electrons. The van der Waals surface area contributed by atoms with Gasteiger partial charge >= 0.3 is 0 Å². The number of carbonyl (C=O) groups excluding carboxylic acids is 1. The molecule has 2 unspecified atom stereocenters. The number of nitro groups is 1. The molecule has 3 rings (SSSR count). The third-order valence-corrected chi connectivity index (χ3v) is 4.60. The fourth-order valence-electron chi connectivity index (χ4n) is 3.25. The lowest BCUT2D eigenvalue weighted by Crippen LogP contribution is -2.41. The standard InChI is InChI=1S/C14H16ClN3O3/c15-10-4-1-5-12(18(20)21)13(10)14(19)17-7-9-3-2-6-16-11(9)8-17/h1,4-5,9,11,16H,2-3,6-8H2. The number of piperidine rings is 1. The fourth-order valence-corrected chi connectivity index (χ4v) is 3.50. The summed E-state index contributed by atoms with van der Waals surface area (Å²) in [5.41, 5.74) is -0.224. The van der Waals surface area contributed by atoms with Crippen LogP contribution in [0, 0.1) is 16.0 Å². The van der Waals surface area contributed by atoms with Crippen molar-refractivity contribution in [3.8, 4) is 0 Å². The van der Waals surface area contributed by atoms with E-state index in [0.717, 1.165) is 19.4 Å². The second-order valence-corrected chi connectivity index (χ2v) is 5.97. The Morgan fingerprint density at radius 3 is 2.95 bits per heavy atom. The maximum Gasteiger partial charge on any atom is 0.283 e. The van der Waals surface area contributed by atoms with Crippen LogP contribution in [0.4, 0.5) is 5.69 Å². The first-order valence-electron chi connectivity index (χ1n) is 7.03. The van der Waals surface area contributed by atoms with E-state index in [1.165, 1.54) is 18.2 Å². The molecule has 0 aromatic heterocycles. The Morgan fingerprint density at radius 1 is 1.43 bits per heavy atom. The van der Waals surface area contributed by atoms with Gasteiger partial charge < -0.3 is 10.2 Å². The highest BCUT2D eigenvalue weighted by Gasteiger charge is 2.38. The molecule has 2 aliphatic rings. The third kappa shape index (κ3) is 2.61. The van der Waals surface area contributed by atoms with Gasteiger partial charge in [0, 0.05) is 25.2 Å². The number of halogens is 1. The highest BCUT2D eigenvalue weighted by atomic mass is 35.5. The Hall–Kier alpha value is -1.66. The zero-order chi connectivity index (χ0) is 15.0. The maximum atomic E-state index is 12.6. The first-order chi connectivity index (χ1) is 10.1. The van der Waals surface area contributed by atoms with Gasteiger partial charge in [-0.25, -0.2) is 0 Å². The monoisotopic (exact) mass is 309 g/mol. The molecule has 0 radical (unpaired) electrons. The number of hydrogen-bond donors (Lipinski definition) is 1. The summed E-state index contributed by atoms with van der Waals surface area (Å²) in [5, 5.41) is 14.7. The number of benzene rings is 1. The summed E-state index contributed by atoms with van der Waals surface area (Å²) >= 11 is 6.03. The average molecular weight is 310 g/mol. The lowest BCUT2D eigenvalue weighted by atomic mass is 9.94. The molecule has 1 N–H and O–H groups in total. The van der Waals surface area contributed by atoms with Gasteiger partial charge in [0.25, 0.3) is 11.6 Å². The van der Waals surface area contributed by atoms with Crippen molar-refractivity contribution in [1.29, 1.82) is 0 Å². The summed E-state index contributed by atoms with van der Waals surface area (Å²) in [4.78, 5) is 24.9. The molecular formula is C14H16ClN3O3. The molecule has 1 amide bonds. The second kappa shape index (κ2) is 5.61. The van der Waals surface area contributed by atoms with Crippen LogP contribution in [0.25, 0.3) is 0 Å². The zero-order valence-electron chi connectivity index (χ0n) is 11.4. The molecule has 21 heavy (non-hydrogen) atoms. The van der Waals surface area contributed by atoms with Gasteiger partial charge in [0.1, 0.15) is 5.56 Å². The van der Waals surface area contributed by atoms with E-state index in [2.05, 4.69) is 5.32 Å². The number of nitrogens with zero attached hydrogens (tertiary/aromatic N) is 2. The van der Waals surface area contributed by atoms with E-state index < -0.39 is 4.92 Å². The number of likely N-dealkylation sites (tertiary alicyclic amines) is 1. The van der Waals surface area contributed by atoms with Gasteiger partial charge in [0.2, 0.25) is 0 Å². The number of nitrogens with one attached hydrogen (secondary N) is 1.